The van der Waals surface area contributed by atoms with Crippen molar-refractivity contribution in [2.45, 2.75) is 13.3 Å². The summed E-state index contributed by atoms with van der Waals surface area (Å²) < 4.78 is 0. The lowest BCUT2D eigenvalue weighted by Crippen LogP contribution is -3.06. The van der Waals surface area contributed by atoms with Crippen molar-refractivity contribution in [3.63, 3.8) is 0 Å². The quantitative estimate of drug-likeness (QED) is 0.484. The zero-order valence-corrected chi connectivity index (χ0v) is 8.24. The minimum Gasteiger partial charge on any atom is -0.338 e. The molecule has 0 aromatic rings. The molecule has 0 aliphatic carbocycles. The molecule has 3 N–H and O–H groups in total. The molecule has 0 heterocycles. The van der Waals surface area contributed by atoms with E-state index in [1.807, 2.05) is 6.92 Å². The average molecular weight is 174 g/mol. The Morgan fingerprint density at radius 1 is 1.25 bits per heavy atom. The van der Waals surface area contributed by atoms with Crippen LogP contribution in [0.5, 0.6) is 0 Å². The van der Waals surface area contributed by atoms with Crippen LogP contribution in [0.1, 0.15) is 13.3 Å². The zero-order chi connectivity index (χ0) is 9.40. The summed E-state index contributed by atoms with van der Waals surface area (Å²) in [4.78, 5) is 12.3. The van der Waals surface area contributed by atoms with Gasteiger partial charge >= 0.3 is 6.03 Å². The largest absolute Gasteiger partial charge is 0.338 e. The lowest BCUT2D eigenvalue weighted by molar-refractivity contribution is -0.856. The molecule has 2 amide bonds. The third kappa shape index (κ3) is 7.34. The second-order valence-corrected chi connectivity index (χ2v) is 3.14. The Morgan fingerprint density at radius 3 is 2.33 bits per heavy atom. The monoisotopic (exact) mass is 174 g/mol. The zero-order valence-electron chi connectivity index (χ0n) is 8.24. The molecule has 0 aromatic carbocycles. The van der Waals surface area contributed by atoms with Crippen LogP contribution in [0.2, 0.25) is 0 Å². The maximum atomic E-state index is 11.0. The minimum atomic E-state index is -0.0573. The Morgan fingerprint density at radius 2 is 1.83 bits per heavy atom. The first-order chi connectivity index (χ1) is 5.66. The van der Waals surface area contributed by atoms with Crippen LogP contribution in [-0.2, 0) is 0 Å². The van der Waals surface area contributed by atoms with Gasteiger partial charge in [0.25, 0.3) is 0 Å². The van der Waals surface area contributed by atoms with Crippen molar-refractivity contribution >= 4 is 6.03 Å². The van der Waals surface area contributed by atoms with Gasteiger partial charge in [0.05, 0.1) is 27.2 Å². The third-order valence-corrected chi connectivity index (χ3v) is 1.45. The molecule has 0 bridgehead atoms. The number of carbonyl (C=O) groups is 1. The number of hydrogen-bond donors (Lipinski definition) is 3. The van der Waals surface area contributed by atoms with Gasteiger partial charge in [0.2, 0.25) is 0 Å². The van der Waals surface area contributed by atoms with E-state index in [1.54, 1.807) is 0 Å². The van der Waals surface area contributed by atoms with Crippen LogP contribution in [0.4, 0.5) is 4.79 Å². The highest BCUT2D eigenvalue weighted by Gasteiger charge is 1.98. The molecule has 0 saturated carbocycles. The Balaban J connectivity index is 3.20. The highest BCUT2D eigenvalue weighted by Crippen LogP contribution is 1.69. The van der Waals surface area contributed by atoms with E-state index in [0.29, 0.717) is 0 Å². The smallest absolute Gasteiger partial charge is 0.314 e. The second kappa shape index (κ2) is 6.91. The van der Waals surface area contributed by atoms with Crippen LogP contribution in [0, 0.1) is 0 Å². The summed E-state index contributed by atoms with van der Waals surface area (Å²) in [5.41, 5.74) is 0. The van der Waals surface area contributed by atoms with Crippen molar-refractivity contribution in [2.24, 2.45) is 0 Å². The topological polar surface area (TPSA) is 45.6 Å². The summed E-state index contributed by atoms with van der Waals surface area (Å²) in [5.74, 6) is 0. The summed E-state index contributed by atoms with van der Waals surface area (Å²) in [6, 6.07) is -0.0573. The van der Waals surface area contributed by atoms with E-state index in [9.17, 15) is 4.79 Å². The van der Waals surface area contributed by atoms with Crippen molar-refractivity contribution in [1.29, 1.82) is 0 Å². The molecule has 0 aliphatic rings. The molecule has 0 fully saturated rings. The molecular formula is C8H20N3O+. The predicted octanol–water partition coefficient (Wildman–Crippen LogP) is -1.16. The first-order valence-corrected chi connectivity index (χ1v) is 4.47. The van der Waals surface area contributed by atoms with Crippen molar-refractivity contribution in [3.05, 3.63) is 0 Å². The summed E-state index contributed by atoms with van der Waals surface area (Å²) >= 11 is 0. The highest BCUT2D eigenvalue weighted by molar-refractivity contribution is 5.73. The number of quaternary nitrogens is 1. The molecule has 0 aromatic heterocycles. The van der Waals surface area contributed by atoms with Gasteiger partial charge in [-0.2, -0.15) is 0 Å². The van der Waals surface area contributed by atoms with Gasteiger partial charge in [-0.15, -0.1) is 0 Å². The lowest BCUT2D eigenvalue weighted by Gasteiger charge is -2.08. The Hall–Kier alpha value is -0.770. The van der Waals surface area contributed by atoms with Crippen molar-refractivity contribution in [1.82, 2.24) is 10.6 Å². The molecule has 0 rings (SSSR count). The van der Waals surface area contributed by atoms with Crippen LogP contribution < -0.4 is 15.5 Å². The molecule has 12 heavy (non-hydrogen) atoms. The summed E-state index contributed by atoms with van der Waals surface area (Å²) in [5, 5.41) is 5.52. The molecule has 0 saturated heterocycles. The average Bonchev–Trinajstić information content (AvgIpc) is 2.00. The van der Waals surface area contributed by atoms with Gasteiger partial charge in [0.15, 0.2) is 0 Å². The van der Waals surface area contributed by atoms with Gasteiger partial charge < -0.3 is 15.5 Å². The maximum Gasteiger partial charge on any atom is 0.314 e. The SMILES string of the molecule is CCCNC(=O)NCC[NH+](C)C. The first kappa shape index (κ1) is 11.2. The van der Waals surface area contributed by atoms with E-state index in [-0.39, 0.29) is 6.03 Å². The first-order valence-electron chi connectivity index (χ1n) is 4.47. The molecule has 0 unspecified atom stereocenters. The summed E-state index contributed by atoms with van der Waals surface area (Å²) in [7, 11) is 4.12. The molecule has 0 atom stereocenters. The standard InChI is InChI=1S/C8H19N3O/c1-4-5-9-8(12)10-6-7-11(2)3/h4-7H2,1-3H3,(H2,9,10,12)/p+1. The predicted molar refractivity (Wildman–Crippen MR) is 49.4 cm³/mol. The van der Waals surface area contributed by atoms with E-state index in [2.05, 4.69) is 24.7 Å². The van der Waals surface area contributed by atoms with Crippen molar-refractivity contribution in [3.8, 4) is 0 Å². The number of likely N-dealkylation sites (N-methyl/N-ethyl adjacent to an activating group) is 1. The van der Waals surface area contributed by atoms with Gasteiger partial charge in [-0.05, 0) is 6.42 Å². The normalized spacial score (nSPS) is 10.0. The molecule has 0 radical (unpaired) electrons. The molecule has 4 nitrogen and oxygen atoms in total. The minimum absolute atomic E-state index is 0.0573. The number of hydrogen-bond acceptors (Lipinski definition) is 1. The van der Waals surface area contributed by atoms with Gasteiger partial charge in [-0.1, -0.05) is 6.92 Å². The number of carbonyl (C=O) groups excluding carboxylic acids is 1. The van der Waals surface area contributed by atoms with Crippen molar-refractivity contribution in [2.75, 3.05) is 33.7 Å². The molecule has 0 spiro atoms. The number of urea groups is 1. The number of rotatable bonds is 5. The van der Waals surface area contributed by atoms with E-state index < -0.39 is 0 Å². The van der Waals surface area contributed by atoms with Gasteiger partial charge in [0, 0.05) is 6.54 Å². The van der Waals surface area contributed by atoms with Crippen molar-refractivity contribution < 1.29 is 9.69 Å². The van der Waals surface area contributed by atoms with Crippen LogP contribution in [0.15, 0.2) is 0 Å². The van der Waals surface area contributed by atoms with Crippen LogP contribution in [-0.4, -0.2) is 39.8 Å². The fourth-order valence-electron chi connectivity index (χ4n) is 0.727. The van der Waals surface area contributed by atoms with E-state index in [1.165, 1.54) is 4.90 Å². The van der Waals surface area contributed by atoms with Gasteiger partial charge in [-0.25, -0.2) is 4.79 Å². The molecule has 4 heteroatoms. The van der Waals surface area contributed by atoms with E-state index >= 15 is 0 Å². The Labute approximate surface area is 74.3 Å². The Bertz CT molecular complexity index is 125. The van der Waals surface area contributed by atoms with E-state index in [0.717, 1.165) is 26.1 Å². The second-order valence-electron chi connectivity index (χ2n) is 3.14. The van der Waals surface area contributed by atoms with Crippen LogP contribution in [0.25, 0.3) is 0 Å². The number of amides is 2. The molecular weight excluding hydrogens is 154 g/mol. The highest BCUT2D eigenvalue weighted by atomic mass is 16.2. The fourth-order valence-corrected chi connectivity index (χ4v) is 0.727. The maximum absolute atomic E-state index is 11.0. The van der Waals surface area contributed by atoms with Crippen LogP contribution in [0.3, 0.4) is 0 Å². The van der Waals surface area contributed by atoms with E-state index in [4.69, 9.17) is 0 Å². The molecule has 0 aliphatic heterocycles. The van der Waals surface area contributed by atoms with Gasteiger partial charge in [0.1, 0.15) is 0 Å². The summed E-state index contributed by atoms with van der Waals surface area (Å²) in [6.45, 7) is 4.47. The number of nitrogens with one attached hydrogen (secondary N) is 3. The molecule has 72 valence electrons. The summed E-state index contributed by atoms with van der Waals surface area (Å²) in [6.07, 6.45) is 0.979. The van der Waals surface area contributed by atoms with Gasteiger partial charge in [-0.3, -0.25) is 0 Å². The third-order valence-electron chi connectivity index (χ3n) is 1.45. The van der Waals surface area contributed by atoms with Crippen LogP contribution >= 0.6 is 0 Å². The Kier molecular flexibility index (Phi) is 6.47. The fraction of sp³-hybridized carbons (Fsp3) is 0.875. The lowest BCUT2D eigenvalue weighted by atomic mass is 10.5.